The van der Waals surface area contributed by atoms with Gasteiger partial charge in [0.05, 0.1) is 16.5 Å². The molecule has 1 aromatic carbocycles. The summed E-state index contributed by atoms with van der Waals surface area (Å²) in [7, 11) is 0. The first-order chi connectivity index (χ1) is 17.1. The van der Waals surface area contributed by atoms with Crippen LogP contribution in [0.4, 0.5) is 5.69 Å². The maximum absolute atomic E-state index is 13.4. The number of hydrogen-bond acceptors (Lipinski definition) is 4. The lowest BCUT2D eigenvalue weighted by atomic mass is 9.73. The summed E-state index contributed by atoms with van der Waals surface area (Å²) in [5, 5.41) is 3.01. The molecule has 0 unspecified atom stereocenters. The van der Waals surface area contributed by atoms with E-state index in [9.17, 15) is 9.59 Å². The van der Waals surface area contributed by atoms with Crippen LogP contribution in [0.5, 0.6) is 0 Å². The molecule has 6 rings (SSSR count). The predicted molar refractivity (Wildman–Crippen MR) is 134 cm³/mol. The Bertz CT molecular complexity index is 1550. The van der Waals surface area contributed by atoms with Crippen molar-refractivity contribution in [3.05, 3.63) is 77.9 Å². The van der Waals surface area contributed by atoms with Gasteiger partial charge in [-0.25, -0.2) is 0 Å². The van der Waals surface area contributed by atoms with E-state index in [1.807, 2.05) is 41.3 Å². The minimum Gasteiger partial charge on any atom is -0.359 e. The van der Waals surface area contributed by atoms with E-state index in [4.69, 9.17) is 0 Å². The third-order valence-corrected chi connectivity index (χ3v) is 7.12. The van der Waals surface area contributed by atoms with Gasteiger partial charge in [-0.05, 0) is 43.5 Å². The molecule has 7 heteroatoms. The highest BCUT2D eigenvalue weighted by molar-refractivity contribution is 6.08. The smallest absolute Gasteiger partial charge is 0.257 e. The van der Waals surface area contributed by atoms with Crippen molar-refractivity contribution < 1.29 is 9.59 Å². The molecule has 2 aliphatic rings. The number of aromatic nitrogens is 3. The zero-order chi connectivity index (χ0) is 24.0. The van der Waals surface area contributed by atoms with Crippen LogP contribution in [0.25, 0.3) is 22.2 Å². The number of aromatic amines is 1. The Morgan fingerprint density at radius 2 is 1.89 bits per heavy atom. The molecule has 0 aliphatic carbocycles. The molecule has 0 saturated carbocycles. The number of hydrogen-bond donors (Lipinski definition) is 2. The highest BCUT2D eigenvalue weighted by atomic mass is 16.2. The van der Waals surface area contributed by atoms with Gasteiger partial charge >= 0.3 is 0 Å². The lowest BCUT2D eigenvalue weighted by Gasteiger charge is -2.37. The van der Waals surface area contributed by atoms with Crippen molar-refractivity contribution in [1.29, 1.82) is 0 Å². The Hall–Kier alpha value is -4.44. The highest BCUT2D eigenvalue weighted by Crippen LogP contribution is 2.45. The summed E-state index contributed by atoms with van der Waals surface area (Å²) in [5.74, 6) is 5.88. The second-order valence-corrected chi connectivity index (χ2v) is 9.03. The number of nitrogens with one attached hydrogen (secondary N) is 2. The Morgan fingerprint density at radius 3 is 2.71 bits per heavy atom. The number of fused-ring (bicyclic) bond motifs is 3. The first-order valence-electron chi connectivity index (χ1n) is 11.6. The van der Waals surface area contributed by atoms with Crippen LogP contribution in [0.2, 0.25) is 0 Å². The summed E-state index contributed by atoms with van der Waals surface area (Å²) in [4.78, 5) is 40.2. The van der Waals surface area contributed by atoms with Gasteiger partial charge in [-0.1, -0.05) is 24.1 Å². The third kappa shape index (κ3) is 3.38. The Kier molecular flexibility index (Phi) is 4.89. The predicted octanol–water partition coefficient (Wildman–Crippen LogP) is 4.12. The van der Waals surface area contributed by atoms with Crippen LogP contribution in [0, 0.1) is 11.8 Å². The summed E-state index contributed by atoms with van der Waals surface area (Å²) in [6.45, 7) is 2.83. The van der Waals surface area contributed by atoms with E-state index in [1.165, 1.54) is 0 Å². The monoisotopic (exact) mass is 461 g/mol. The fourth-order valence-corrected chi connectivity index (χ4v) is 5.27. The molecule has 1 fully saturated rings. The number of para-hydroxylation sites is 1. The molecule has 1 saturated heterocycles. The number of carbonyl (C=O) groups is 2. The zero-order valence-corrected chi connectivity index (χ0v) is 19.3. The van der Waals surface area contributed by atoms with E-state index in [0.717, 1.165) is 33.5 Å². The van der Waals surface area contributed by atoms with Crippen LogP contribution < -0.4 is 5.32 Å². The molecular weight excluding hydrogens is 438 g/mol. The molecule has 5 heterocycles. The SMILES string of the molecule is CC#Cc1cncc(-c2cnc3c(C(=O)N4CCC5(CC4)C(=O)Nc4ccccc45)c[nH]c3c2)c1. The topological polar surface area (TPSA) is 91.0 Å². The number of pyridine rings is 2. The van der Waals surface area contributed by atoms with Crippen LogP contribution in [-0.4, -0.2) is 44.8 Å². The van der Waals surface area contributed by atoms with Gasteiger partial charge in [0.2, 0.25) is 5.91 Å². The number of anilines is 1. The number of H-pyrrole nitrogens is 1. The van der Waals surface area contributed by atoms with Crippen molar-refractivity contribution >= 4 is 28.5 Å². The highest BCUT2D eigenvalue weighted by Gasteiger charge is 2.48. The molecule has 0 radical (unpaired) electrons. The summed E-state index contributed by atoms with van der Waals surface area (Å²) in [6.07, 6.45) is 8.20. The van der Waals surface area contributed by atoms with E-state index in [0.29, 0.717) is 37.0 Å². The van der Waals surface area contributed by atoms with E-state index < -0.39 is 5.41 Å². The molecule has 2 N–H and O–H groups in total. The Labute approximate surface area is 202 Å². The lowest BCUT2D eigenvalue weighted by molar-refractivity contribution is -0.122. The van der Waals surface area contributed by atoms with Gasteiger partial charge in [-0.3, -0.25) is 19.6 Å². The fraction of sp³-hybridized carbons (Fsp3) is 0.214. The van der Waals surface area contributed by atoms with Crippen molar-refractivity contribution in [1.82, 2.24) is 19.9 Å². The van der Waals surface area contributed by atoms with Crippen LogP contribution in [-0.2, 0) is 10.2 Å². The zero-order valence-electron chi connectivity index (χ0n) is 19.3. The summed E-state index contributed by atoms with van der Waals surface area (Å²) < 4.78 is 0. The normalized spacial score (nSPS) is 16.0. The van der Waals surface area contributed by atoms with Crippen molar-refractivity contribution in [3.8, 4) is 23.0 Å². The molecule has 4 aromatic rings. The maximum Gasteiger partial charge on any atom is 0.257 e. The molecule has 2 amide bonds. The number of benzene rings is 1. The average Bonchev–Trinajstić information content (AvgIpc) is 3.43. The van der Waals surface area contributed by atoms with Gasteiger partial charge < -0.3 is 15.2 Å². The van der Waals surface area contributed by atoms with Crippen molar-refractivity contribution in [2.45, 2.75) is 25.2 Å². The average molecular weight is 462 g/mol. The fourth-order valence-electron chi connectivity index (χ4n) is 5.27. The van der Waals surface area contributed by atoms with Crippen LogP contribution in [0.3, 0.4) is 0 Å². The number of piperidine rings is 1. The van der Waals surface area contributed by atoms with Crippen LogP contribution >= 0.6 is 0 Å². The quantitative estimate of drug-likeness (QED) is 0.440. The van der Waals surface area contributed by atoms with Crippen LogP contribution in [0.15, 0.2) is 61.2 Å². The third-order valence-electron chi connectivity index (χ3n) is 7.12. The molecule has 1 spiro atoms. The molecule has 172 valence electrons. The van der Waals surface area contributed by atoms with Crippen molar-refractivity contribution in [2.75, 3.05) is 18.4 Å². The molecule has 2 aliphatic heterocycles. The second kappa shape index (κ2) is 8.10. The summed E-state index contributed by atoms with van der Waals surface area (Å²) >= 11 is 0. The van der Waals surface area contributed by atoms with Crippen LogP contribution in [0.1, 0.15) is 41.3 Å². The van der Waals surface area contributed by atoms with Crippen molar-refractivity contribution in [2.24, 2.45) is 0 Å². The first kappa shape index (κ1) is 21.1. The molecule has 7 nitrogen and oxygen atoms in total. The molecular formula is C28H23N5O2. The number of nitrogens with zero attached hydrogens (tertiary/aromatic N) is 3. The molecule has 35 heavy (non-hydrogen) atoms. The standard InChI is InChI=1S/C28H23N5O2/c1-2-5-18-12-19(15-29-14-18)20-13-24-25(31-16-20)21(17-30-24)26(34)33-10-8-28(9-11-33)22-6-3-4-7-23(22)32-27(28)35/h3-4,6-7,12-17,30H,8-11H2,1H3,(H,32,35). The summed E-state index contributed by atoms with van der Waals surface area (Å²) in [5.41, 5.74) is 6.01. The number of rotatable bonds is 2. The minimum absolute atomic E-state index is 0.0376. The Balaban J connectivity index is 1.24. The molecule has 0 atom stereocenters. The summed E-state index contributed by atoms with van der Waals surface area (Å²) in [6, 6.07) is 11.8. The number of likely N-dealkylation sites (tertiary alicyclic amines) is 1. The second-order valence-electron chi connectivity index (χ2n) is 9.03. The maximum atomic E-state index is 13.4. The number of carbonyl (C=O) groups excluding carboxylic acids is 2. The van der Waals surface area contributed by atoms with Gasteiger partial charge in [-0.15, -0.1) is 5.92 Å². The molecule has 3 aromatic heterocycles. The molecule has 0 bridgehead atoms. The van der Waals surface area contributed by atoms with E-state index in [1.54, 1.807) is 31.7 Å². The number of amides is 2. The van der Waals surface area contributed by atoms with Gasteiger partial charge in [-0.2, -0.15) is 0 Å². The van der Waals surface area contributed by atoms with Gasteiger partial charge in [0.15, 0.2) is 0 Å². The van der Waals surface area contributed by atoms with Gasteiger partial charge in [0.25, 0.3) is 5.91 Å². The van der Waals surface area contributed by atoms with E-state index >= 15 is 0 Å². The van der Waals surface area contributed by atoms with Crippen molar-refractivity contribution in [3.63, 3.8) is 0 Å². The minimum atomic E-state index is -0.550. The van der Waals surface area contributed by atoms with E-state index in [-0.39, 0.29) is 11.8 Å². The largest absolute Gasteiger partial charge is 0.359 e. The van der Waals surface area contributed by atoms with Gasteiger partial charge in [0.1, 0.15) is 5.52 Å². The Morgan fingerprint density at radius 1 is 1.09 bits per heavy atom. The first-order valence-corrected chi connectivity index (χ1v) is 11.6. The lowest BCUT2D eigenvalue weighted by Crippen LogP contribution is -2.48. The van der Waals surface area contributed by atoms with Gasteiger partial charge in [0, 0.05) is 60.3 Å². The van der Waals surface area contributed by atoms with E-state index in [2.05, 4.69) is 32.1 Å².